The molecule has 1 heterocycles. The van der Waals surface area contributed by atoms with E-state index >= 15 is 0 Å². The molecule has 0 aliphatic carbocycles. The van der Waals surface area contributed by atoms with Crippen LogP contribution in [0.4, 0.5) is 0 Å². The zero-order valence-electron chi connectivity index (χ0n) is 10.2. The lowest BCUT2D eigenvalue weighted by Gasteiger charge is -2.36. The van der Waals surface area contributed by atoms with Crippen LogP contribution in [0.25, 0.3) is 0 Å². The zero-order valence-corrected chi connectivity index (χ0v) is 11.0. The second kappa shape index (κ2) is 4.76. The Morgan fingerprint density at radius 2 is 1.82 bits per heavy atom. The van der Waals surface area contributed by atoms with Crippen molar-refractivity contribution in [1.82, 2.24) is 9.21 Å². The first-order valence-corrected chi connectivity index (χ1v) is 7.21. The van der Waals surface area contributed by atoms with Crippen LogP contribution in [0.1, 0.15) is 6.92 Å². The second-order valence-corrected chi connectivity index (χ2v) is 6.44. The van der Waals surface area contributed by atoms with E-state index in [1.165, 1.54) is 0 Å². The maximum atomic E-state index is 12.3. The predicted molar refractivity (Wildman–Crippen MR) is 67.3 cm³/mol. The molecule has 17 heavy (non-hydrogen) atoms. The fourth-order valence-corrected chi connectivity index (χ4v) is 3.51. The van der Waals surface area contributed by atoms with Gasteiger partial charge in [-0.1, -0.05) is 18.2 Å². The van der Waals surface area contributed by atoms with Gasteiger partial charge in [-0.15, -0.1) is 0 Å². The van der Waals surface area contributed by atoms with Crippen molar-refractivity contribution in [2.45, 2.75) is 17.9 Å². The van der Waals surface area contributed by atoms with E-state index in [1.54, 1.807) is 28.6 Å². The first kappa shape index (κ1) is 12.5. The standard InChI is InChI=1S/C12H18N2O2S/c1-11-10-14(9-8-13(11)2)17(15,16)12-6-4-3-5-7-12/h3-7,11H,8-10H2,1-2H3. The fraction of sp³-hybridized carbons (Fsp3) is 0.500. The molecule has 1 fully saturated rings. The molecule has 5 heteroatoms. The Morgan fingerprint density at radius 1 is 1.18 bits per heavy atom. The Labute approximate surface area is 103 Å². The van der Waals surface area contributed by atoms with Gasteiger partial charge in [-0.2, -0.15) is 4.31 Å². The molecule has 2 rings (SSSR count). The summed E-state index contributed by atoms with van der Waals surface area (Å²) < 4.78 is 26.3. The summed E-state index contributed by atoms with van der Waals surface area (Å²) in [6, 6.07) is 8.91. The van der Waals surface area contributed by atoms with Crippen LogP contribution >= 0.6 is 0 Å². The Balaban J connectivity index is 2.23. The lowest BCUT2D eigenvalue weighted by Crippen LogP contribution is -2.51. The topological polar surface area (TPSA) is 40.6 Å². The van der Waals surface area contributed by atoms with Crippen molar-refractivity contribution < 1.29 is 8.42 Å². The van der Waals surface area contributed by atoms with Gasteiger partial charge in [0.2, 0.25) is 10.0 Å². The van der Waals surface area contributed by atoms with E-state index in [9.17, 15) is 8.42 Å². The smallest absolute Gasteiger partial charge is 0.243 e. The normalized spacial score (nSPS) is 23.8. The molecular weight excluding hydrogens is 236 g/mol. The van der Waals surface area contributed by atoms with Crippen molar-refractivity contribution in [3.05, 3.63) is 30.3 Å². The lowest BCUT2D eigenvalue weighted by molar-refractivity contribution is 0.159. The Kier molecular flexibility index (Phi) is 3.51. The summed E-state index contributed by atoms with van der Waals surface area (Å²) in [6.07, 6.45) is 0. The van der Waals surface area contributed by atoms with Gasteiger partial charge in [-0.3, -0.25) is 0 Å². The van der Waals surface area contributed by atoms with E-state index in [0.717, 1.165) is 6.54 Å². The van der Waals surface area contributed by atoms with Gasteiger partial charge >= 0.3 is 0 Å². The van der Waals surface area contributed by atoms with Crippen LogP contribution in [0.3, 0.4) is 0 Å². The summed E-state index contributed by atoms with van der Waals surface area (Å²) in [7, 11) is -1.29. The maximum Gasteiger partial charge on any atom is 0.243 e. The van der Waals surface area contributed by atoms with Crippen LogP contribution in [-0.4, -0.2) is 50.3 Å². The first-order valence-electron chi connectivity index (χ1n) is 5.77. The predicted octanol–water partition coefficient (Wildman–Crippen LogP) is 1.01. The minimum atomic E-state index is -3.31. The molecule has 0 N–H and O–H groups in total. The molecule has 1 aliphatic rings. The summed E-state index contributed by atoms with van der Waals surface area (Å²) in [5, 5.41) is 0. The number of likely N-dealkylation sites (N-methyl/N-ethyl adjacent to an activating group) is 1. The van der Waals surface area contributed by atoms with Crippen LogP contribution in [0.2, 0.25) is 0 Å². The lowest BCUT2D eigenvalue weighted by atomic mass is 10.2. The average Bonchev–Trinajstić information content (AvgIpc) is 2.33. The number of rotatable bonds is 2. The Morgan fingerprint density at radius 3 is 2.41 bits per heavy atom. The zero-order chi connectivity index (χ0) is 12.5. The molecular formula is C12H18N2O2S. The van der Waals surface area contributed by atoms with Crippen molar-refractivity contribution >= 4 is 10.0 Å². The Bertz CT molecular complexity index is 473. The van der Waals surface area contributed by atoms with E-state index in [0.29, 0.717) is 18.0 Å². The van der Waals surface area contributed by atoms with Gasteiger partial charge in [0.25, 0.3) is 0 Å². The number of piperazine rings is 1. The highest BCUT2D eigenvalue weighted by Crippen LogP contribution is 2.18. The van der Waals surface area contributed by atoms with E-state index in [2.05, 4.69) is 4.90 Å². The van der Waals surface area contributed by atoms with Gasteiger partial charge < -0.3 is 4.90 Å². The van der Waals surface area contributed by atoms with Crippen LogP contribution < -0.4 is 0 Å². The molecule has 1 aromatic carbocycles. The SMILES string of the molecule is CC1CN(S(=O)(=O)c2ccccc2)CCN1C. The molecule has 1 saturated heterocycles. The highest BCUT2D eigenvalue weighted by atomic mass is 32.2. The van der Waals surface area contributed by atoms with Gasteiger partial charge in [0.05, 0.1) is 4.90 Å². The number of sulfonamides is 1. The molecule has 0 saturated carbocycles. The van der Waals surface area contributed by atoms with Crippen molar-refractivity contribution in [3.8, 4) is 0 Å². The number of hydrogen-bond acceptors (Lipinski definition) is 3. The molecule has 4 nitrogen and oxygen atoms in total. The molecule has 0 amide bonds. The summed E-state index contributed by atoms with van der Waals surface area (Å²) in [6.45, 7) is 3.96. The molecule has 0 radical (unpaired) electrons. The van der Waals surface area contributed by atoms with Crippen molar-refractivity contribution in [2.24, 2.45) is 0 Å². The third-order valence-electron chi connectivity index (χ3n) is 3.30. The highest BCUT2D eigenvalue weighted by molar-refractivity contribution is 7.89. The van der Waals surface area contributed by atoms with Crippen molar-refractivity contribution in [3.63, 3.8) is 0 Å². The fourth-order valence-electron chi connectivity index (χ4n) is 1.97. The molecule has 0 bridgehead atoms. The summed E-state index contributed by atoms with van der Waals surface area (Å²) >= 11 is 0. The highest BCUT2D eigenvalue weighted by Gasteiger charge is 2.30. The maximum absolute atomic E-state index is 12.3. The average molecular weight is 254 g/mol. The summed E-state index contributed by atoms with van der Waals surface area (Å²) in [4.78, 5) is 2.56. The van der Waals surface area contributed by atoms with Crippen molar-refractivity contribution in [1.29, 1.82) is 0 Å². The van der Waals surface area contributed by atoms with Gasteiger partial charge in [-0.25, -0.2) is 8.42 Å². The second-order valence-electron chi connectivity index (χ2n) is 4.51. The van der Waals surface area contributed by atoms with Gasteiger partial charge in [0.1, 0.15) is 0 Å². The first-order chi connectivity index (χ1) is 8.01. The molecule has 0 aromatic heterocycles. The van der Waals surface area contributed by atoms with Gasteiger partial charge in [-0.05, 0) is 26.1 Å². The third-order valence-corrected chi connectivity index (χ3v) is 5.18. The monoisotopic (exact) mass is 254 g/mol. The van der Waals surface area contributed by atoms with E-state index in [4.69, 9.17) is 0 Å². The van der Waals surface area contributed by atoms with Gasteiger partial charge in [0.15, 0.2) is 0 Å². The van der Waals surface area contributed by atoms with Crippen molar-refractivity contribution in [2.75, 3.05) is 26.7 Å². The number of nitrogens with zero attached hydrogens (tertiary/aromatic N) is 2. The largest absolute Gasteiger partial charge is 0.301 e. The quantitative estimate of drug-likeness (QED) is 0.791. The molecule has 1 unspecified atom stereocenters. The van der Waals surface area contributed by atoms with Gasteiger partial charge in [0, 0.05) is 25.7 Å². The summed E-state index contributed by atoms with van der Waals surface area (Å²) in [5.74, 6) is 0. The minimum Gasteiger partial charge on any atom is -0.301 e. The number of hydrogen-bond donors (Lipinski definition) is 0. The van der Waals surface area contributed by atoms with Crippen LogP contribution in [0.5, 0.6) is 0 Å². The van der Waals surface area contributed by atoms with Crippen LogP contribution in [-0.2, 0) is 10.0 Å². The third kappa shape index (κ3) is 2.51. The molecule has 94 valence electrons. The van der Waals surface area contributed by atoms with Crippen LogP contribution in [0, 0.1) is 0 Å². The van der Waals surface area contributed by atoms with Crippen LogP contribution in [0.15, 0.2) is 35.2 Å². The molecule has 0 spiro atoms. The van der Waals surface area contributed by atoms with E-state index < -0.39 is 10.0 Å². The summed E-state index contributed by atoms with van der Waals surface area (Å²) in [5.41, 5.74) is 0. The van der Waals surface area contributed by atoms with E-state index in [1.807, 2.05) is 20.0 Å². The van der Waals surface area contributed by atoms with E-state index in [-0.39, 0.29) is 6.04 Å². The molecule has 1 atom stereocenters. The minimum absolute atomic E-state index is 0.266. The number of benzene rings is 1. The molecule has 1 aromatic rings. The Hall–Kier alpha value is -0.910. The molecule has 1 aliphatic heterocycles.